The molecule has 158 valence electrons. The Morgan fingerprint density at radius 1 is 1.17 bits per heavy atom. The minimum Gasteiger partial charge on any atom is -0.381 e. The van der Waals surface area contributed by atoms with E-state index in [4.69, 9.17) is 4.74 Å². The summed E-state index contributed by atoms with van der Waals surface area (Å²) in [5.41, 5.74) is 0.632. The molecule has 1 aromatic rings. The van der Waals surface area contributed by atoms with Gasteiger partial charge in [0.1, 0.15) is 5.82 Å². The van der Waals surface area contributed by atoms with E-state index in [1.165, 1.54) is 12.5 Å². The van der Waals surface area contributed by atoms with Gasteiger partial charge in [0, 0.05) is 43.3 Å². The second-order valence-corrected chi connectivity index (χ2v) is 9.02. The molecule has 2 amide bonds. The summed E-state index contributed by atoms with van der Waals surface area (Å²) in [4.78, 5) is 28.1. The summed E-state index contributed by atoms with van der Waals surface area (Å²) in [7, 11) is 0. The number of hydrogen-bond donors (Lipinski definition) is 1. The molecule has 1 aliphatic carbocycles. The van der Waals surface area contributed by atoms with E-state index < -0.39 is 0 Å². The first-order chi connectivity index (χ1) is 14.0. The van der Waals surface area contributed by atoms with Gasteiger partial charge in [0.25, 0.3) is 5.91 Å². The van der Waals surface area contributed by atoms with Gasteiger partial charge in [0.15, 0.2) is 0 Å². The molecule has 1 unspecified atom stereocenters. The molecule has 1 aromatic carbocycles. The molecule has 2 heterocycles. The standard InChI is InChI=1S/C23H31FN2O3/c1-16-7-8-17(13-20(16)24)22(28)26-14-19(23(15-26)9-11-29-12-10-23)21(27)25-18-5-3-2-4-6-18/h7-8,13,18-19H,2-6,9-12,14-15H2,1H3,(H,25,27). The number of nitrogens with zero attached hydrogens (tertiary/aromatic N) is 1. The molecule has 6 heteroatoms. The minimum absolute atomic E-state index is 0.0733. The summed E-state index contributed by atoms with van der Waals surface area (Å²) in [5, 5.41) is 3.27. The van der Waals surface area contributed by atoms with Gasteiger partial charge in [-0.25, -0.2) is 4.39 Å². The van der Waals surface area contributed by atoms with Crippen molar-refractivity contribution in [1.29, 1.82) is 0 Å². The molecule has 2 aliphatic heterocycles. The Morgan fingerprint density at radius 3 is 2.59 bits per heavy atom. The number of nitrogens with one attached hydrogen (secondary N) is 1. The van der Waals surface area contributed by atoms with Crippen LogP contribution in [-0.4, -0.2) is 49.1 Å². The minimum atomic E-state index is -0.373. The highest BCUT2D eigenvalue weighted by atomic mass is 19.1. The van der Waals surface area contributed by atoms with Crippen LogP contribution in [0.5, 0.6) is 0 Å². The predicted octanol–water partition coefficient (Wildman–Crippen LogP) is 3.45. The smallest absolute Gasteiger partial charge is 0.253 e. The number of likely N-dealkylation sites (tertiary alicyclic amines) is 1. The lowest BCUT2D eigenvalue weighted by molar-refractivity contribution is -0.130. The highest BCUT2D eigenvalue weighted by Crippen LogP contribution is 2.45. The van der Waals surface area contributed by atoms with Gasteiger partial charge in [-0.1, -0.05) is 25.3 Å². The van der Waals surface area contributed by atoms with Crippen LogP contribution in [0.15, 0.2) is 18.2 Å². The maximum Gasteiger partial charge on any atom is 0.253 e. The number of ether oxygens (including phenoxy) is 1. The number of carbonyl (C=O) groups is 2. The molecule has 2 saturated heterocycles. The number of amides is 2. The highest BCUT2D eigenvalue weighted by Gasteiger charge is 2.52. The van der Waals surface area contributed by atoms with Crippen molar-refractivity contribution in [3.8, 4) is 0 Å². The molecule has 0 bridgehead atoms. The van der Waals surface area contributed by atoms with Gasteiger partial charge in [0.05, 0.1) is 5.92 Å². The molecule has 3 fully saturated rings. The molecular weight excluding hydrogens is 371 g/mol. The Labute approximate surface area is 172 Å². The van der Waals surface area contributed by atoms with Crippen LogP contribution < -0.4 is 5.32 Å². The fourth-order valence-electron chi connectivity index (χ4n) is 5.23. The number of hydrogen-bond acceptors (Lipinski definition) is 3. The van der Waals surface area contributed by atoms with Gasteiger partial charge in [-0.2, -0.15) is 0 Å². The third-order valence-electron chi connectivity index (χ3n) is 7.11. The molecule has 4 rings (SSSR count). The number of benzene rings is 1. The van der Waals surface area contributed by atoms with Crippen LogP contribution in [0.2, 0.25) is 0 Å². The fourth-order valence-corrected chi connectivity index (χ4v) is 5.23. The Balaban J connectivity index is 1.52. The average molecular weight is 403 g/mol. The first-order valence-electron chi connectivity index (χ1n) is 10.9. The molecule has 0 aromatic heterocycles. The topological polar surface area (TPSA) is 58.6 Å². The summed E-state index contributed by atoms with van der Waals surface area (Å²) >= 11 is 0. The van der Waals surface area contributed by atoms with Crippen molar-refractivity contribution < 1.29 is 18.7 Å². The Hall–Kier alpha value is -1.95. The first kappa shape index (κ1) is 20.3. The molecule has 1 spiro atoms. The van der Waals surface area contributed by atoms with E-state index in [2.05, 4.69) is 5.32 Å². The average Bonchev–Trinajstić information content (AvgIpc) is 3.09. The predicted molar refractivity (Wildman–Crippen MR) is 108 cm³/mol. The molecule has 1 N–H and O–H groups in total. The molecule has 3 aliphatic rings. The zero-order chi connectivity index (χ0) is 20.4. The van der Waals surface area contributed by atoms with Crippen molar-refractivity contribution in [3.05, 3.63) is 35.1 Å². The van der Waals surface area contributed by atoms with E-state index >= 15 is 0 Å². The Kier molecular flexibility index (Phi) is 5.91. The third-order valence-corrected chi connectivity index (χ3v) is 7.11. The first-order valence-corrected chi connectivity index (χ1v) is 10.9. The second-order valence-electron chi connectivity index (χ2n) is 9.02. The van der Waals surface area contributed by atoms with Crippen molar-refractivity contribution in [2.24, 2.45) is 11.3 Å². The van der Waals surface area contributed by atoms with Crippen LogP contribution in [0.1, 0.15) is 60.9 Å². The van der Waals surface area contributed by atoms with Crippen molar-refractivity contribution in [3.63, 3.8) is 0 Å². The fraction of sp³-hybridized carbons (Fsp3) is 0.652. The quantitative estimate of drug-likeness (QED) is 0.843. The largest absolute Gasteiger partial charge is 0.381 e. The van der Waals surface area contributed by atoms with E-state index in [9.17, 15) is 14.0 Å². The molecule has 29 heavy (non-hydrogen) atoms. The second kappa shape index (κ2) is 8.42. The van der Waals surface area contributed by atoms with Crippen LogP contribution in [0, 0.1) is 24.1 Å². The molecule has 1 saturated carbocycles. The lowest BCUT2D eigenvalue weighted by Crippen LogP contribution is -2.47. The lowest BCUT2D eigenvalue weighted by Gasteiger charge is -2.37. The van der Waals surface area contributed by atoms with E-state index in [0.29, 0.717) is 37.4 Å². The van der Waals surface area contributed by atoms with Crippen LogP contribution in [0.25, 0.3) is 0 Å². The van der Waals surface area contributed by atoms with Crippen LogP contribution in [-0.2, 0) is 9.53 Å². The van der Waals surface area contributed by atoms with Crippen molar-refractivity contribution in [2.75, 3.05) is 26.3 Å². The molecular formula is C23H31FN2O3. The summed E-state index contributed by atoms with van der Waals surface area (Å²) in [6.45, 7) is 3.85. The van der Waals surface area contributed by atoms with Crippen LogP contribution in [0.4, 0.5) is 4.39 Å². The maximum absolute atomic E-state index is 14.0. The van der Waals surface area contributed by atoms with Gasteiger partial charge in [-0.05, 0) is 50.3 Å². The third kappa shape index (κ3) is 4.18. The van der Waals surface area contributed by atoms with Gasteiger partial charge in [-0.15, -0.1) is 0 Å². The van der Waals surface area contributed by atoms with E-state index in [1.807, 2.05) is 0 Å². The SMILES string of the molecule is Cc1ccc(C(=O)N2CC(C(=O)NC3CCCCC3)C3(CCOCC3)C2)cc1F. The van der Waals surface area contributed by atoms with E-state index in [-0.39, 0.29) is 35.0 Å². The van der Waals surface area contributed by atoms with Gasteiger partial charge < -0.3 is 15.0 Å². The molecule has 1 atom stereocenters. The van der Waals surface area contributed by atoms with E-state index in [0.717, 1.165) is 38.5 Å². The zero-order valence-electron chi connectivity index (χ0n) is 17.2. The number of rotatable bonds is 3. The van der Waals surface area contributed by atoms with Crippen molar-refractivity contribution >= 4 is 11.8 Å². The van der Waals surface area contributed by atoms with Crippen molar-refractivity contribution in [2.45, 2.75) is 57.9 Å². The van der Waals surface area contributed by atoms with Crippen LogP contribution in [0.3, 0.4) is 0 Å². The number of carbonyl (C=O) groups excluding carboxylic acids is 2. The van der Waals surface area contributed by atoms with Crippen molar-refractivity contribution in [1.82, 2.24) is 10.2 Å². The maximum atomic E-state index is 14.0. The normalized spacial score (nSPS) is 24.6. The lowest BCUT2D eigenvalue weighted by atomic mass is 9.71. The summed E-state index contributed by atoms with van der Waals surface area (Å²) < 4.78 is 19.5. The summed E-state index contributed by atoms with van der Waals surface area (Å²) in [5.74, 6) is -0.720. The summed E-state index contributed by atoms with van der Waals surface area (Å²) in [6, 6.07) is 4.87. The van der Waals surface area contributed by atoms with E-state index in [1.54, 1.807) is 24.0 Å². The molecule has 5 nitrogen and oxygen atoms in total. The molecule has 0 radical (unpaired) electrons. The zero-order valence-corrected chi connectivity index (χ0v) is 17.2. The summed E-state index contributed by atoms with van der Waals surface area (Å²) in [6.07, 6.45) is 7.21. The number of halogens is 1. The van der Waals surface area contributed by atoms with Gasteiger partial charge in [-0.3, -0.25) is 9.59 Å². The Bertz CT molecular complexity index is 769. The van der Waals surface area contributed by atoms with Gasteiger partial charge >= 0.3 is 0 Å². The van der Waals surface area contributed by atoms with Gasteiger partial charge in [0.2, 0.25) is 5.91 Å². The number of aryl methyl sites for hydroxylation is 1. The monoisotopic (exact) mass is 402 g/mol. The van der Waals surface area contributed by atoms with Crippen LogP contribution >= 0.6 is 0 Å². The Morgan fingerprint density at radius 2 is 1.90 bits per heavy atom. The highest BCUT2D eigenvalue weighted by molar-refractivity contribution is 5.95.